The highest BCUT2D eigenvalue weighted by Gasteiger charge is 2.13. The fraction of sp³-hybridized carbons (Fsp3) is 0.308. The number of aromatic nitrogens is 2. The minimum atomic E-state index is -0.241. The molecule has 0 atom stereocenters. The number of aryl methyl sites for hydroxylation is 1. The Kier molecular flexibility index (Phi) is 4.12. The van der Waals surface area contributed by atoms with E-state index in [2.05, 4.69) is 27.7 Å². The maximum absolute atomic E-state index is 12.1. The number of pyridine rings is 1. The van der Waals surface area contributed by atoms with E-state index in [1.807, 2.05) is 0 Å². The molecular weight excluding hydrogens is 244 g/mol. The largest absolute Gasteiger partial charge is 0.383 e. The topological polar surface area (TPSA) is 80.0 Å². The fourth-order valence-corrected chi connectivity index (χ4v) is 1.60. The second-order valence-corrected chi connectivity index (χ2v) is 4.12. The van der Waals surface area contributed by atoms with Crippen LogP contribution >= 0.6 is 0 Å². The van der Waals surface area contributed by atoms with Gasteiger partial charge in [-0.3, -0.25) is 9.78 Å². The summed E-state index contributed by atoms with van der Waals surface area (Å²) in [7, 11) is 0. The Labute approximate surface area is 111 Å². The lowest BCUT2D eigenvalue weighted by molar-refractivity contribution is 0.102. The average Bonchev–Trinajstić information content (AvgIpc) is 2.82. The Morgan fingerprint density at radius 2 is 2.32 bits per heavy atom. The summed E-state index contributed by atoms with van der Waals surface area (Å²) in [5.41, 5.74) is 1.24. The third-order valence-corrected chi connectivity index (χ3v) is 2.50. The Hall–Kier alpha value is -2.37. The molecule has 6 heteroatoms. The van der Waals surface area contributed by atoms with Gasteiger partial charge in [-0.1, -0.05) is 12.1 Å². The van der Waals surface area contributed by atoms with Gasteiger partial charge in [0.05, 0.1) is 17.4 Å². The zero-order valence-corrected chi connectivity index (χ0v) is 10.9. The van der Waals surface area contributed by atoms with Gasteiger partial charge in [-0.2, -0.15) is 0 Å². The molecule has 2 rings (SSSR count). The minimum absolute atomic E-state index is 0.241. The number of carbonyl (C=O) groups excluding carboxylic acids is 1. The molecular formula is C13H16N4O2. The van der Waals surface area contributed by atoms with Gasteiger partial charge in [0.2, 0.25) is 0 Å². The molecule has 0 unspecified atom stereocenters. The molecule has 2 aromatic rings. The molecule has 2 aromatic heterocycles. The van der Waals surface area contributed by atoms with Crippen LogP contribution in [0.5, 0.6) is 0 Å². The third-order valence-electron chi connectivity index (χ3n) is 2.50. The van der Waals surface area contributed by atoms with Crippen molar-refractivity contribution in [2.75, 3.05) is 17.2 Å². The van der Waals surface area contributed by atoms with Gasteiger partial charge in [0.15, 0.2) is 5.82 Å². The van der Waals surface area contributed by atoms with E-state index in [0.717, 1.165) is 13.0 Å². The summed E-state index contributed by atoms with van der Waals surface area (Å²) in [5.74, 6) is 0.810. The first kappa shape index (κ1) is 13.1. The molecule has 0 aliphatic heterocycles. The van der Waals surface area contributed by atoms with E-state index >= 15 is 0 Å². The summed E-state index contributed by atoms with van der Waals surface area (Å²) in [6.07, 6.45) is 4.19. The zero-order valence-electron chi connectivity index (χ0n) is 10.9. The second kappa shape index (κ2) is 5.99. The standard InChI is InChI=1S/C13H16N4O2/c1-3-5-15-11-8-14-6-4-10(11)13(18)16-12-7-9(2)19-17-12/h4,6-8,15H,3,5H2,1-2H3,(H,16,17,18). The van der Waals surface area contributed by atoms with Gasteiger partial charge >= 0.3 is 0 Å². The number of carbonyl (C=O) groups is 1. The van der Waals surface area contributed by atoms with Crippen LogP contribution in [0.4, 0.5) is 11.5 Å². The first-order valence-corrected chi connectivity index (χ1v) is 6.13. The molecule has 0 aromatic carbocycles. The van der Waals surface area contributed by atoms with Crippen LogP contribution in [0.25, 0.3) is 0 Å². The van der Waals surface area contributed by atoms with Crippen molar-refractivity contribution in [1.82, 2.24) is 10.1 Å². The number of anilines is 2. The van der Waals surface area contributed by atoms with Gasteiger partial charge in [0.1, 0.15) is 5.76 Å². The molecule has 2 heterocycles. The molecule has 0 aliphatic rings. The molecule has 0 spiro atoms. The monoisotopic (exact) mass is 260 g/mol. The summed E-state index contributed by atoms with van der Waals surface area (Å²) in [6.45, 7) is 4.61. The predicted molar refractivity (Wildman–Crippen MR) is 72.2 cm³/mol. The predicted octanol–water partition coefficient (Wildman–Crippen LogP) is 2.45. The maximum Gasteiger partial charge on any atom is 0.259 e. The van der Waals surface area contributed by atoms with E-state index in [1.165, 1.54) is 0 Å². The van der Waals surface area contributed by atoms with Gasteiger partial charge in [0.25, 0.3) is 5.91 Å². The van der Waals surface area contributed by atoms with Gasteiger partial charge in [-0.15, -0.1) is 0 Å². The quantitative estimate of drug-likeness (QED) is 0.863. The summed E-state index contributed by atoms with van der Waals surface area (Å²) in [5, 5.41) is 9.58. The second-order valence-electron chi connectivity index (χ2n) is 4.12. The molecule has 0 saturated heterocycles. The van der Waals surface area contributed by atoms with Crippen LogP contribution in [0.3, 0.4) is 0 Å². The van der Waals surface area contributed by atoms with Crippen LogP contribution in [0.1, 0.15) is 29.5 Å². The van der Waals surface area contributed by atoms with Crippen LogP contribution in [0.15, 0.2) is 29.0 Å². The molecule has 0 aliphatic carbocycles. The van der Waals surface area contributed by atoms with Crippen molar-refractivity contribution in [1.29, 1.82) is 0 Å². The Morgan fingerprint density at radius 1 is 1.47 bits per heavy atom. The van der Waals surface area contributed by atoms with Crippen molar-refractivity contribution in [3.05, 3.63) is 35.9 Å². The SMILES string of the molecule is CCCNc1cnccc1C(=O)Nc1cc(C)on1. The molecule has 0 radical (unpaired) electrons. The lowest BCUT2D eigenvalue weighted by Gasteiger charge is -2.09. The van der Waals surface area contributed by atoms with Crippen molar-refractivity contribution in [2.24, 2.45) is 0 Å². The number of hydrogen-bond acceptors (Lipinski definition) is 5. The Bertz CT molecular complexity index is 565. The molecule has 0 fully saturated rings. The molecule has 2 N–H and O–H groups in total. The highest BCUT2D eigenvalue weighted by Crippen LogP contribution is 2.16. The lowest BCUT2D eigenvalue weighted by atomic mass is 10.2. The number of rotatable bonds is 5. The highest BCUT2D eigenvalue weighted by atomic mass is 16.5. The van der Waals surface area contributed by atoms with E-state index in [1.54, 1.807) is 31.5 Å². The lowest BCUT2D eigenvalue weighted by Crippen LogP contribution is -2.15. The summed E-state index contributed by atoms with van der Waals surface area (Å²) in [4.78, 5) is 16.2. The van der Waals surface area contributed by atoms with Crippen molar-refractivity contribution >= 4 is 17.4 Å². The minimum Gasteiger partial charge on any atom is -0.383 e. The first-order valence-electron chi connectivity index (χ1n) is 6.13. The third kappa shape index (κ3) is 3.31. The smallest absolute Gasteiger partial charge is 0.259 e. The molecule has 0 bridgehead atoms. The highest BCUT2D eigenvalue weighted by molar-refractivity contribution is 6.07. The molecule has 1 amide bonds. The van der Waals surface area contributed by atoms with Gasteiger partial charge < -0.3 is 15.2 Å². The fourth-order valence-electron chi connectivity index (χ4n) is 1.60. The van der Waals surface area contributed by atoms with Crippen LogP contribution in [-0.2, 0) is 0 Å². The number of nitrogens with zero attached hydrogens (tertiary/aromatic N) is 2. The van der Waals surface area contributed by atoms with E-state index in [9.17, 15) is 4.79 Å². The van der Waals surface area contributed by atoms with Crippen LogP contribution < -0.4 is 10.6 Å². The number of nitrogens with one attached hydrogen (secondary N) is 2. The van der Waals surface area contributed by atoms with Gasteiger partial charge in [0, 0.05) is 18.8 Å². The molecule has 0 saturated carbocycles. The molecule has 19 heavy (non-hydrogen) atoms. The van der Waals surface area contributed by atoms with Crippen molar-refractivity contribution < 1.29 is 9.32 Å². The number of hydrogen-bond donors (Lipinski definition) is 2. The van der Waals surface area contributed by atoms with Gasteiger partial charge in [-0.05, 0) is 19.4 Å². The van der Waals surface area contributed by atoms with E-state index in [4.69, 9.17) is 4.52 Å². The zero-order chi connectivity index (χ0) is 13.7. The van der Waals surface area contributed by atoms with Crippen LogP contribution in [0, 0.1) is 6.92 Å². The summed E-state index contributed by atoms with van der Waals surface area (Å²) >= 11 is 0. The molecule has 100 valence electrons. The maximum atomic E-state index is 12.1. The van der Waals surface area contributed by atoms with Crippen molar-refractivity contribution in [3.8, 4) is 0 Å². The normalized spacial score (nSPS) is 10.2. The first-order chi connectivity index (χ1) is 9.20. The molecule has 6 nitrogen and oxygen atoms in total. The number of amides is 1. The average molecular weight is 260 g/mol. The van der Waals surface area contributed by atoms with Crippen LogP contribution in [-0.4, -0.2) is 22.6 Å². The van der Waals surface area contributed by atoms with Crippen molar-refractivity contribution in [3.63, 3.8) is 0 Å². The Morgan fingerprint density at radius 3 is 3.00 bits per heavy atom. The van der Waals surface area contributed by atoms with E-state index in [-0.39, 0.29) is 5.91 Å². The van der Waals surface area contributed by atoms with E-state index < -0.39 is 0 Å². The summed E-state index contributed by atoms with van der Waals surface area (Å²) < 4.78 is 4.90. The van der Waals surface area contributed by atoms with E-state index in [0.29, 0.717) is 22.8 Å². The van der Waals surface area contributed by atoms with Gasteiger partial charge in [-0.25, -0.2) is 0 Å². The Balaban J connectivity index is 2.14. The summed E-state index contributed by atoms with van der Waals surface area (Å²) in [6, 6.07) is 3.33. The van der Waals surface area contributed by atoms with Crippen LogP contribution in [0.2, 0.25) is 0 Å². The van der Waals surface area contributed by atoms with Crippen molar-refractivity contribution in [2.45, 2.75) is 20.3 Å².